The highest BCUT2D eigenvalue weighted by molar-refractivity contribution is 6.11. The summed E-state index contributed by atoms with van der Waals surface area (Å²) < 4.78 is 0. The van der Waals surface area contributed by atoms with Crippen molar-refractivity contribution in [3.05, 3.63) is 76.9 Å². The molecule has 2 aromatic rings. The Morgan fingerprint density at radius 3 is 2.00 bits per heavy atom. The molecule has 2 nitrogen and oxygen atoms in total. The van der Waals surface area contributed by atoms with Gasteiger partial charge in [0.1, 0.15) is 0 Å². The molecule has 25 heavy (non-hydrogen) atoms. The summed E-state index contributed by atoms with van der Waals surface area (Å²) in [4.78, 5) is 15.4. The number of carbonyl (C=O) groups is 1. The molecule has 0 heterocycles. The van der Waals surface area contributed by atoms with Crippen molar-refractivity contribution in [2.24, 2.45) is 0 Å². The lowest BCUT2D eigenvalue weighted by molar-refractivity contribution is 0.101. The van der Waals surface area contributed by atoms with Crippen molar-refractivity contribution in [3.63, 3.8) is 0 Å². The van der Waals surface area contributed by atoms with Gasteiger partial charge in [0.25, 0.3) is 0 Å². The molecule has 132 valence electrons. The molecule has 0 atom stereocenters. The molecule has 0 saturated heterocycles. The minimum Gasteiger partial charge on any atom is -0.294 e. The quantitative estimate of drug-likeness (QED) is 0.500. The van der Waals surface area contributed by atoms with E-state index in [1.54, 1.807) is 0 Å². The first-order valence-electron chi connectivity index (χ1n) is 9.01. The number of benzene rings is 2. The van der Waals surface area contributed by atoms with Crippen molar-refractivity contribution in [2.75, 3.05) is 6.54 Å². The second-order valence-electron chi connectivity index (χ2n) is 7.14. The predicted octanol–water partition coefficient (Wildman–Crippen LogP) is 5.38. The normalized spacial score (nSPS) is 12.2. The van der Waals surface area contributed by atoms with Crippen LogP contribution in [0.3, 0.4) is 0 Å². The summed E-state index contributed by atoms with van der Waals surface area (Å²) >= 11 is 0. The molecule has 2 heteroatoms. The average molecular weight is 335 g/mol. The Hall–Kier alpha value is -2.19. The number of ketones is 1. The van der Waals surface area contributed by atoms with Gasteiger partial charge in [-0.2, -0.15) is 0 Å². The number of nitrogens with zero attached hydrogens (tertiary/aromatic N) is 1. The molecule has 0 aliphatic carbocycles. The fourth-order valence-corrected chi connectivity index (χ4v) is 2.98. The van der Waals surface area contributed by atoms with Gasteiger partial charge in [-0.15, -0.1) is 0 Å². The second-order valence-corrected chi connectivity index (χ2v) is 7.14. The Bertz CT molecular complexity index is 704. The van der Waals surface area contributed by atoms with E-state index in [9.17, 15) is 4.79 Å². The first kappa shape index (κ1) is 19.1. The molecule has 0 radical (unpaired) electrons. The summed E-state index contributed by atoms with van der Waals surface area (Å²) in [6.45, 7) is 11.4. The fourth-order valence-electron chi connectivity index (χ4n) is 2.98. The van der Waals surface area contributed by atoms with Gasteiger partial charge in [0, 0.05) is 29.8 Å². The van der Waals surface area contributed by atoms with Gasteiger partial charge in [0.2, 0.25) is 0 Å². The van der Waals surface area contributed by atoms with Crippen molar-refractivity contribution in [1.82, 2.24) is 4.90 Å². The lowest BCUT2D eigenvalue weighted by atomic mass is 9.99. The van der Waals surface area contributed by atoms with Crippen LogP contribution in [0.4, 0.5) is 0 Å². The van der Waals surface area contributed by atoms with Crippen LogP contribution >= 0.6 is 0 Å². The van der Waals surface area contributed by atoms with E-state index < -0.39 is 0 Å². The highest BCUT2D eigenvalue weighted by Gasteiger charge is 2.20. The van der Waals surface area contributed by atoms with Crippen molar-refractivity contribution in [3.8, 4) is 0 Å². The Kier molecular flexibility index (Phi) is 6.72. The SMILES string of the molecule is Cc1ccc(/C=C(\CN(C(C)C)C(C)C)C(=O)c2ccccc2)cc1. The number of Topliss-reactive ketones (excluding diaryl/α,β-unsaturated/α-hetero) is 1. The molecule has 0 aromatic heterocycles. The lowest BCUT2D eigenvalue weighted by Crippen LogP contribution is -2.39. The van der Waals surface area contributed by atoms with E-state index in [0.717, 1.165) is 16.7 Å². The molecule has 0 amide bonds. The van der Waals surface area contributed by atoms with Gasteiger partial charge < -0.3 is 0 Å². The summed E-state index contributed by atoms with van der Waals surface area (Å²) in [7, 11) is 0. The smallest absolute Gasteiger partial charge is 0.190 e. The van der Waals surface area contributed by atoms with Crippen LogP contribution in [-0.4, -0.2) is 29.3 Å². The lowest BCUT2D eigenvalue weighted by Gasteiger charge is -2.31. The van der Waals surface area contributed by atoms with Gasteiger partial charge >= 0.3 is 0 Å². The third kappa shape index (κ3) is 5.40. The zero-order valence-electron chi connectivity index (χ0n) is 16.0. The fraction of sp³-hybridized carbons (Fsp3) is 0.348. The Morgan fingerprint density at radius 2 is 1.48 bits per heavy atom. The Balaban J connectivity index is 2.40. The highest BCUT2D eigenvalue weighted by atomic mass is 16.1. The van der Waals surface area contributed by atoms with Crippen LogP contribution in [0.2, 0.25) is 0 Å². The first-order valence-corrected chi connectivity index (χ1v) is 9.01. The summed E-state index contributed by atoms with van der Waals surface area (Å²) in [5, 5.41) is 0. The summed E-state index contributed by atoms with van der Waals surface area (Å²) in [5.41, 5.74) is 3.86. The molecule has 0 bridgehead atoms. The Labute approximate surface area is 152 Å². The minimum absolute atomic E-state index is 0.104. The average Bonchev–Trinajstić information content (AvgIpc) is 2.59. The number of hydrogen-bond donors (Lipinski definition) is 0. The van der Waals surface area contributed by atoms with Crippen LogP contribution in [0.25, 0.3) is 6.08 Å². The van der Waals surface area contributed by atoms with Crippen LogP contribution in [0.1, 0.15) is 49.2 Å². The molecular weight excluding hydrogens is 306 g/mol. The number of carbonyl (C=O) groups excluding carboxylic acids is 1. The molecule has 0 fully saturated rings. The number of rotatable bonds is 7. The van der Waals surface area contributed by atoms with Gasteiger partial charge in [-0.25, -0.2) is 0 Å². The van der Waals surface area contributed by atoms with E-state index in [4.69, 9.17) is 0 Å². The molecule has 0 N–H and O–H groups in total. The van der Waals surface area contributed by atoms with E-state index in [-0.39, 0.29) is 5.78 Å². The van der Waals surface area contributed by atoms with Crippen LogP contribution in [0.15, 0.2) is 60.2 Å². The molecule has 0 spiro atoms. The maximum atomic E-state index is 13.1. The van der Waals surface area contributed by atoms with Gasteiger partial charge in [0.15, 0.2) is 5.78 Å². The van der Waals surface area contributed by atoms with E-state index in [1.165, 1.54) is 5.56 Å². The monoisotopic (exact) mass is 335 g/mol. The van der Waals surface area contributed by atoms with Crippen molar-refractivity contribution in [2.45, 2.75) is 46.7 Å². The van der Waals surface area contributed by atoms with Gasteiger partial charge in [-0.3, -0.25) is 9.69 Å². The van der Waals surface area contributed by atoms with E-state index in [0.29, 0.717) is 18.6 Å². The summed E-state index contributed by atoms with van der Waals surface area (Å²) in [5.74, 6) is 0.104. The van der Waals surface area contributed by atoms with Crippen LogP contribution in [-0.2, 0) is 0 Å². The Morgan fingerprint density at radius 1 is 0.920 bits per heavy atom. The van der Waals surface area contributed by atoms with Gasteiger partial charge in [-0.1, -0.05) is 60.2 Å². The third-order valence-electron chi connectivity index (χ3n) is 4.43. The molecular formula is C23H29NO. The first-order chi connectivity index (χ1) is 11.9. The zero-order chi connectivity index (χ0) is 18.4. The third-order valence-corrected chi connectivity index (χ3v) is 4.43. The van der Waals surface area contributed by atoms with Gasteiger partial charge in [0.05, 0.1) is 0 Å². The number of hydrogen-bond acceptors (Lipinski definition) is 2. The van der Waals surface area contributed by atoms with Gasteiger partial charge in [-0.05, 0) is 46.3 Å². The predicted molar refractivity (Wildman–Crippen MR) is 107 cm³/mol. The van der Waals surface area contributed by atoms with Crippen LogP contribution < -0.4 is 0 Å². The zero-order valence-corrected chi connectivity index (χ0v) is 16.0. The van der Waals surface area contributed by atoms with Crippen molar-refractivity contribution in [1.29, 1.82) is 0 Å². The molecule has 2 rings (SSSR count). The maximum Gasteiger partial charge on any atom is 0.190 e. The highest BCUT2D eigenvalue weighted by Crippen LogP contribution is 2.18. The van der Waals surface area contributed by atoms with Crippen LogP contribution in [0, 0.1) is 6.92 Å². The van der Waals surface area contributed by atoms with E-state index >= 15 is 0 Å². The van der Waals surface area contributed by atoms with Crippen molar-refractivity contribution >= 4 is 11.9 Å². The second kappa shape index (κ2) is 8.77. The van der Waals surface area contributed by atoms with E-state index in [1.807, 2.05) is 36.4 Å². The topological polar surface area (TPSA) is 20.3 Å². The molecule has 0 saturated carbocycles. The van der Waals surface area contributed by atoms with Crippen molar-refractivity contribution < 1.29 is 4.79 Å². The largest absolute Gasteiger partial charge is 0.294 e. The summed E-state index contributed by atoms with van der Waals surface area (Å²) in [6, 6.07) is 18.6. The molecule has 0 aliphatic rings. The standard InChI is InChI=1S/C23H29NO/c1-17(2)24(18(3)4)16-22(15-20-13-11-19(5)12-14-20)23(25)21-9-7-6-8-10-21/h6-15,17-18H,16H2,1-5H3/b22-15+. The maximum absolute atomic E-state index is 13.1. The van der Waals surface area contributed by atoms with E-state index in [2.05, 4.69) is 63.8 Å². The summed E-state index contributed by atoms with van der Waals surface area (Å²) in [6.07, 6.45) is 2.03. The number of aryl methyl sites for hydroxylation is 1. The molecule has 0 unspecified atom stereocenters. The minimum atomic E-state index is 0.104. The molecule has 0 aliphatic heterocycles. The molecule has 2 aromatic carbocycles. The van der Waals surface area contributed by atoms with Crippen LogP contribution in [0.5, 0.6) is 0 Å².